The zero-order chi connectivity index (χ0) is 20.5. The highest BCUT2D eigenvalue weighted by Gasteiger charge is 2.30. The van der Waals surface area contributed by atoms with Gasteiger partial charge in [-0.15, -0.1) is 0 Å². The van der Waals surface area contributed by atoms with Crippen molar-refractivity contribution in [1.29, 1.82) is 5.26 Å². The average molecular weight is 455 g/mol. The fourth-order valence-electron chi connectivity index (χ4n) is 1.98. The van der Waals surface area contributed by atoms with E-state index in [9.17, 15) is 18.3 Å². The maximum atomic E-state index is 12.2. The van der Waals surface area contributed by atoms with Crippen molar-refractivity contribution < 1.29 is 23.1 Å². The van der Waals surface area contributed by atoms with Crippen LogP contribution in [0.3, 0.4) is 0 Å². The number of unbranched alkanes of at least 4 members (excludes halogenated alkanes) is 1. The van der Waals surface area contributed by atoms with E-state index < -0.39 is 28.0 Å². The van der Waals surface area contributed by atoms with Crippen LogP contribution in [-0.4, -0.2) is 50.3 Å². The van der Waals surface area contributed by atoms with Gasteiger partial charge in [0.25, 0.3) is 0 Å². The number of thioether (sulfide) groups is 1. The number of nitriles is 1. The maximum absolute atomic E-state index is 12.2. The van der Waals surface area contributed by atoms with Gasteiger partial charge in [-0.25, -0.2) is 13.1 Å². The van der Waals surface area contributed by atoms with Crippen molar-refractivity contribution in [2.75, 3.05) is 25.2 Å². The summed E-state index contributed by atoms with van der Waals surface area (Å²) in [5.41, 5.74) is -1.77. The summed E-state index contributed by atoms with van der Waals surface area (Å²) < 4.78 is 31.3. The molecule has 0 fully saturated rings. The van der Waals surface area contributed by atoms with Crippen molar-refractivity contribution >= 4 is 51.0 Å². The first-order valence-electron chi connectivity index (χ1n) is 7.86. The Labute approximate surface area is 173 Å². The van der Waals surface area contributed by atoms with Gasteiger partial charge in [-0.3, -0.25) is 4.79 Å². The zero-order valence-electron chi connectivity index (χ0n) is 14.6. The monoisotopic (exact) mass is 454 g/mol. The van der Waals surface area contributed by atoms with Crippen molar-refractivity contribution in [3.63, 3.8) is 0 Å². The summed E-state index contributed by atoms with van der Waals surface area (Å²) in [5.74, 6) is -0.00540. The molecule has 2 N–H and O–H groups in total. The predicted molar refractivity (Wildman–Crippen MR) is 105 cm³/mol. The molecule has 0 saturated carbocycles. The van der Waals surface area contributed by atoms with Gasteiger partial charge in [-0.2, -0.15) is 17.0 Å². The molecule has 0 amide bonds. The van der Waals surface area contributed by atoms with Gasteiger partial charge in [0, 0.05) is 17.3 Å². The van der Waals surface area contributed by atoms with Crippen LogP contribution in [0.1, 0.15) is 19.3 Å². The van der Waals surface area contributed by atoms with Crippen LogP contribution in [0.4, 0.5) is 0 Å². The molecule has 7 nitrogen and oxygen atoms in total. The summed E-state index contributed by atoms with van der Waals surface area (Å²) >= 11 is 13.0. The van der Waals surface area contributed by atoms with Gasteiger partial charge < -0.3 is 9.84 Å². The van der Waals surface area contributed by atoms with Gasteiger partial charge in [-0.05, 0) is 36.8 Å². The topological polar surface area (TPSA) is 116 Å². The molecule has 150 valence electrons. The highest BCUT2D eigenvalue weighted by Crippen LogP contribution is 2.24. The number of nitrogens with one attached hydrogen (secondary N) is 1. The molecule has 1 aromatic rings. The molecule has 0 aliphatic rings. The molecule has 1 aromatic carbocycles. The lowest BCUT2D eigenvalue weighted by atomic mass is 10.1. The van der Waals surface area contributed by atoms with Crippen LogP contribution >= 0.6 is 35.0 Å². The number of ether oxygens (including phenoxy) is 1. The number of esters is 1. The lowest BCUT2D eigenvalue weighted by Crippen LogP contribution is -2.33. The molecule has 0 radical (unpaired) electrons. The lowest BCUT2D eigenvalue weighted by Gasteiger charge is -2.18. The summed E-state index contributed by atoms with van der Waals surface area (Å²) in [6.45, 7) is 0.215. The highest BCUT2D eigenvalue weighted by atomic mass is 35.5. The molecule has 1 atom stereocenters. The summed E-state index contributed by atoms with van der Waals surface area (Å²) in [6, 6.07) is 5.86. The summed E-state index contributed by atoms with van der Waals surface area (Å²) in [5, 5.41) is 19.4. The molecule has 0 spiro atoms. The van der Waals surface area contributed by atoms with E-state index in [1.165, 1.54) is 37.1 Å². The normalized spacial score (nSPS) is 13.6. The van der Waals surface area contributed by atoms with Gasteiger partial charge >= 0.3 is 5.97 Å². The van der Waals surface area contributed by atoms with Crippen LogP contribution in [0, 0.1) is 11.3 Å². The Morgan fingerprint density at radius 3 is 2.70 bits per heavy atom. The number of sulfonamides is 1. The molecule has 0 saturated heterocycles. The Morgan fingerprint density at radius 2 is 2.11 bits per heavy atom. The van der Waals surface area contributed by atoms with Gasteiger partial charge in [0.15, 0.2) is 5.60 Å². The number of hydrogen-bond donors (Lipinski definition) is 2. The van der Waals surface area contributed by atoms with Crippen molar-refractivity contribution in [3.8, 4) is 6.07 Å². The second-order valence-corrected chi connectivity index (χ2v) is 9.31. The summed E-state index contributed by atoms with van der Waals surface area (Å²) in [6.07, 6.45) is 0.815. The van der Waals surface area contributed by atoms with E-state index in [0.29, 0.717) is 23.6 Å². The molecule has 1 unspecified atom stereocenters. The van der Waals surface area contributed by atoms with Crippen molar-refractivity contribution in [1.82, 2.24) is 4.72 Å². The number of carbonyl (C=O) groups is 1. The zero-order valence-corrected chi connectivity index (χ0v) is 17.7. The van der Waals surface area contributed by atoms with E-state index >= 15 is 0 Å². The third kappa shape index (κ3) is 8.25. The minimum Gasteiger partial charge on any atom is -0.469 e. The Kier molecular flexibility index (Phi) is 9.87. The Balaban J connectivity index is 2.34. The van der Waals surface area contributed by atoms with Gasteiger partial charge in [0.2, 0.25) is 10.0 Å². The lowest BCUT2D eigenvalue weighted by molar-refractivity contribution is -0.143. The van der Waals surface area contributed by atoms with Gasteiger partial charge in [0.1, 0.15) is 4.90 Å². The molecule has 0 heterocycles. The van der Waals surface area contributed by atoms with Crippen LogP contribution < -0.4 is 4.72 Å². The average Bonchev–Trinajstić information content (AvgIpc) is 2.60. The van der Waals surface area contributed by atoms with Crippen molar-refractivity contribution in [3.05, 3.63) is 28.2 Å². The van der Waals surface area contributed by atoms with Gasteiger partial charge in [-0.1, -0.05) is 23.2 Å². The van der Waals surface area contributed by atoms with Gasteiger partial charge in [0.05, 0.1) is 24.6 Å². The molecule has 11 heteroatoms. The molecule has 0 aliphatic carbocycles. The first kappa shape index (κ1) is 24.0. The third-order valence-electron chi connectivity index (χ3n) is 3.40. The summed E-state index contributed by atoms with van der Waals surface area (Å²) in [4.78, 5) is 11.2. The number of nitrogens with zero attached hydrogens (tertiary/aromatic N) is 1. The van der Waals surface area contributed by atoms with E-state index in [1.54, 1.807) is 6.07 Å². The Morgan fingerprint density at radius 1 is 1.41 bits per heavy atom. The first-order valence-corrected chi connectivity index (χ1v) is 11.3. The number of hydrogen-bond acceptors (Lipinski definition) is 7. The van der Waals surface area contributed by atoms with Crippen molar-refractivity contribution in [2.24, 2.45) is 0 Å². The maximum Gasteiger partial charge on any atom is 0.309 e. The number of benzene rings is 1. The van der Waals surface area contributed by atoms with E-state index in [0.717, 1.165) is 0 Å². The third-order valence-corrected chi connectivity index (χ3v) is 6.84. The molecular formula is C16H20Cl2N2O5S2. The van der Waals surface area contributed by atoms with E-state index in [1.807, 2.05) is 0 Å². The standard InChI is InChI=1S/C16H20Cl2N2O5S2/c1-25-15(21)9-16(22,10-19)11-26-7-3-2-6-20-27(23,24)14-5-4-12(17)8-13(14)18/h4-5,8,20,22H,2-3,6-7,9,11H2,1H3. The Hall–Kier alpha value is -1.02. The molecule has 27 heavy (non-hydrogen) atoms. The number of methoxy groups -OCH3 is 1. The SMILES string of the molecule is COC(=O)CC(O)(C#N)CSCCCCNS(=O)(=O)c1ccc(Cl)cc1Cl. The highest BCUT2D eigenvalue weighted by molar-refractivity contribution is 7.99. The molecule has 0 aliphatic heterocycles. The molecule has 0 bridgehead atoms. The summed E-state index contributed by atoms with van der Waals surface area (Å²) in [7, 11) is -2.54. The first-order chi connectivity index (χ1) is 12.6. The van der Waals surface area contributed by atoms with Crippen LogP contribution in [0.2, 0.25) is 10.0 Å². The molecule has 0 aromatic heterocycles. The van der Waals surface area contributed by atoms with E-state index in [4.69, 9.17) is 28.5 Å². The number of halogens is 2. The quantitative estimate of drug-likeness (QED) is 0.299. The molecule has 1 rings (SSSR count). The van der Waals surface area contributed by atoms with Crippen LogP contribution in [0.15, 0.2) is 23.1 Å². The Bertz CT molecular complexity index is 798. The fourth-order valence-corrected chi connectivity index (χ4v) is 4.88. The fraction of sp³-hybridized carbons (Fsp3) is 0.500. The minimum atomic E-state index is -3.73. The number of carbonyl (C=O) groups excluding carboxylic acids is 1. The van der Waals surface area contributed by atoms with E-state index in [-0.39, 0.29) is 22.2 Å². The van der Waals surface area contributed by atoms with Crippen LogP contribution in [-0.2, 0) is 19.6 Å². The largest absolute Gasteiger partial charge is 0.469 e. The second-order valence-electron chi connectivity index (χ2n) is 5.63. The smallest absolute Gasteiger partial charge is 0.309 e. The molecular weight excluding hydrogens is 435 g/mol. The van der Waals surface area contributed by atoms with Crippen molar-refractivity contribution in [2.45, 2.75) is 29.8 Å². The van der Waals surface area contributed by atoms with Crippen LogP contribution in [0.25, 0.3) is 0 Å². The van der Waals surface area contributed by atoms with E-state index in [2.05, 4.69) is 9.46 Å². The number of rotatable bonds is 11. The van der Waals surface area contributed by atoms with Crippen LogP contribution in [0.5, 0.6) is 0 Å². The second kappa shape index (κ2) is 11.1. The number of aliphatic hydroxyl groups is 1. The predicted octanol–water partition coefficient (Wildman–Crippen LogP) is 2.60. The minimum absolute atomic E-state index is 0.0372.